The average molecular weight is 474 g/mol. The third-order valence-corrected chi connectivity index (χ3v) is 6.67. The highest BCUT2D eigenvalue weighted by atomic mass is 16.5. The third-order valence-electron chi connectivity index (χ3n) is 6.67. The zero-order valence-electron chi connectivity index (χ0n) is 20.4. The molecule has 3 heterocycles. The van der Waals surface area contributed by atoms with Gasteiger partial charge in [0.1, 0.15) is 5.82 Å². The maximum atomic E-state index is 12.8. The Kier molecular flexibility index (Phi) is 6.48. The molecule has 0 saturated heterocycles. The second-order valence-corrected chi connectivity index (χ2v) is 9.33. The number of benzene rings is 1. The van der Waals surface area contributed by atoms with Crippen LogP contribution in [-0.2, 0) is 18.3 Å². The number of amides is 1. The van der Waals surface area contributed by atoms with Gasteiger partial charge in [0.2, 0.25) is 17.6 Å². The van der Waals surface area contributed by atoms with E-state index in [1.807, 2.05) is 42.1 Å². The largest absolute Gasteiger partial charge is 0.367 e. The Balaban J connectivity index is 1.20. The number of hydrogen-bond donors (Lipinski definition) is 2. The molecule has 5 rings (SSSR count). The molecule has 1 aliphatic carbocycles. The first-order chi connectivity index (χ1) is 17.0. The van der Waals surface area contributed by atoms with Crippen LogP contribution in [0.25, 0.3) is 22.2 Å². The fourth-order valence-corrected chi connectivity index (χ4v) is 4.57. The maximum absolute atomic E-state index is 12.8. The van der Waals surface area contributed by atoms with Gasteiger partial charge in [0, 0.05) is 54.8 Å². The standard InChI is InChI=1S/C26H31N7O2/c1-4-5-6-7-21-15-23(31-33(21)3)30-26(34)19-12-20(13-19)29-25-22-14-18(24-28-16(2)35-32-24)9-8-17(22)10-11-27-25/h8-11,14-15,19-20H,4-7,12-13H2,1-3H3,(H,27,29)(H,30,31,34)/t19-,20+. The number of anilines is 2. The topological polar surface area (TPSA) is 111 Å². The van der Waals surface area contributed by atoms with Gasteiger partial charge in [-0.1, -0.05) is 37.1 Å². The van der Waals surface area contributed by atoms with E-state index in [-0.39, 0.29) is 17.9 Å². The second kappa shape index (κ2) is 9.85. The summed E-state index contributed by atoms with van der Waals surface area (Å²) in [5, 5.41) is 17.1. The molecule has 1 saturated carbocycles. The van der Waals surface area contributed by atoms with E-state index in [1.165, 1.54) is 12.8 Å². The van der Waals surface area contributed by atoms with E-state index < -0.39 is 0 Å². The van der Waals surface area contributed by atoms with Crippen molar-refractivity contribution in [2.45, 2.75) is 58.4 Å². The molecule has 182 valence electrons. The van der Waals surface area contributed by atoms with Crippen LogP contribution in [0.3, 0.4) is 0 Å². The van der Waals surface area contributed by atoms with Gasteiger partial charge in [0.25, 0.3) is 0 Å². The number of aromatic nitrogens is 5. The predicted octanol–water partition coefficient (Wildman–Crippen LogP) is 4.89. The van der Waals surface area contributed by atoms with E-state index in [1.54, 1.807) is 13.1 Å². The minimum absolute atomic E-state index is 0.0295. The lowest BCUT2D eigenvalue weighted by atomic mass is 9.79. The average Bonchev–Trinajstić information content (AvgIpc) is 3.40. The molecule has 9 heteroatoms. The van der Waals surface area contributed by atoms with Gasteiger partial charge < -0.3 is 15.2 Å². The predicted molar refractivity (Wildman–Crippen MR) is 135 cm³/mol. The summed E-state index contributed by atoms with van der Waals surface area (Å²) < 4.78 is 6.99. The Morgan fingerprint density at radius 3 is 2.83 bits per heavy atom. The molecular weight excluding hydrogens is 442 g/mol. The molecule has 35 heavy (non-hydrogen) atoms. The van der Waals surface area contributed by atoms with Crippen LogP contribution in [-0.4, -0.2) is 36.9 Å². The van der Waals surface area contributed by atoms with E-state index in [2.05, 4.69) is 37.8 Å². The third kappa shape index (κ3) is 5.03. The number of nitrogens with zero attached hydrogens (tertiary/aromatic N) is 5. The molecule has 0 atom stereocenters. The quantitative estimate of drug-likeness (QED) is 0.333. The van der Waals surface area contributed by atoms with Crippen molar-refractivity contribution in [3.8, 4) is 11.4 Å². The summed E-state index contributed by atoms with van der Waals surface area (Å²) in [4.78, 5) is 21.6. The fourth-order valence-electron chi connectivity index (χ4n) is 4.57. The highest BCUT2D eigenvalue weighted by molar-refractivity contribution is 5.95. The molecule has 0 radical (unpaired) electrons. The van der Waals surface area contributed by atoms with Crippen molar-refractivity contribution < 1.29 is 9.32 Å². The molecule has 9 nitrogen and oxygen atoms in total. The highest BCUT2D eigenvalue weighted by Gasteiger charge is 2.35. The first-order valence-electron chi connectivity index (χ1n) is 12.3. The van der Waals surface area contributed by atoms with Crippen LogP contribution in [0.1, 0.15) is 50.6 Å². The first kappa shape index (κ1) is 23.0. The molecule has 2 N–H and O–H groups in total. The maximum Gasteiger partial charge on any atom is 0.228 e. The Bertz CT molecular complexity index is 1340. The van der Waals surface area contributed by atoms with Gasteiger partial charge in [-0.2, -0.15) is 10.1 Å². The highest BCUT2D eigenvalue weighted by Crippen LogP contribution is 2.33. The minimum atomic E-state index is -0.0362. The van der Waals surface area contributed by atoms with Crippen molar-refractivity contribution in [2.75, 3.05) is 10.6 Å². The van der Waals surface area contributed by atoms with Gasteiger partial charge in [0.05, 0.1) is 0 Å². The number of rotatable bonds is 9. The molecule has 0 aliphatic heterocycles. The van der Waals surface area contributed by atoms with Crippen molar-refractivity contribution in [3.05, 3.63) is 48.1 Å². The lowest BCUT2D eigenvalue weighted by molar-refractivity contribution is -0.122. The molecule has 4 aromatic rings. The Hall–Kier alpha value is -3.75. The van der Waals surface area contributed by atoms with Gasteiger partial charge in [0.15, 0.2) is 5.82 Å². The normalized spacial score (nSPS) is 17.3. The van der Waals surface area contributed by atoms with Gasteiger partial charge in [-0.3, -0.25) is 9.48 Å². The van der Waals surface area contributed by atoms with E-state index in [4.69, 9.17) is 4.52 Å². The van der Waals surface area contributed by atoms with Crippen LogP contribution >= 0.6 is 0 Å². The molecule has 1 fully saturated rings. The summed E-state index contributed by atoms with van der Waals surface area (Å²) >= 11 is 0. The van der Waals surface area contributed by atoms with Crippen molar-refractivity contribution >= 4 is 28.3 Å². The van der Waals surface area contributed by atoms with E-state index in [0.717, 1.165) is 53.5 Å². The first-order valence-corrected chi connectivity index (χ1v) is 12.3. The zero-order chi connectivity index (χ0) is 24.4. The molecule has 3 aromatic heterocycles. The Morgan fingerprint density at radius 2 is 2.06 bits per heavy atom. The fraction of sp³-hybridized carbons (Fsp3) is 0.423. The van der Waals surface area contributed by atoms with Crippen LogP contribution in [0, 0.1) is 12.8 Å². The number of aryl methyl sites for hydroxylation is 3. The molecule has 1 aromatic carbocycles. The zero-order valence-corrected chi connectivity index (χ0v) is 20.4. The van der Waals surface area contributed by atoms with Gasteiger partial charge in [-0.15, -0.1) is 0 Å². The van der Waals surface area contributed by atoms with Gasteiger partial charge >= 0.3 is 0 Å². The summed E-state index contributed by atoms with van der Waals surface area (Å²) in [6, 6.07) is 10.2. The van der Waals surface area contributed by atoms with Crippen molar-refractivity contribution in [1.82, 2.24) is 24.9 Å². The molecule has 0 spiro atoms. The Morgan fingerprint density at radius 1 is 1.20 bits per heavy atom. The lowest BCUT2D eigenvalue weighted by Crippen LogP contribution is -2.42. The SMILES string of the molecule is CCCCCc1cc(NC(=O)[C@H]2C[C@@H](Nc3nccc4ccc(-c5noc(C)n5)cc34)C2)nn1C. The molecular formula is C26H31N7O2. The number of unbranched alkanes of at least 4 members (excludes halogenated alkanes) is 2. The summed E-state index contributed by atoms with van der Waals surface area (Å²) in [5.74, 6) is 2.52. The molecule has 1 aliphatic rings. The van der Waals surface area contributed by atoms with E-state index >= 15 is 0 Å². The molecule has 0 bridgehead atoms. The van der Waals surface area contributed by atoms with Crippen LogP contribution in [0.15, 0.2) is 41.1 Å². The molecule has 0 unspecified atom stereocenters. The van der Waals surface area contributed by atoms with Gasteiger partial charge in [-0.05, 0) is 43.2 Å². The Labute approximate surface area is 204 Å². The van der Waals surface area contributed by atoms with Crippen LogP contribution in [0.2, 0.25) is 0 Å². The minimum Gasteiger partial charge on any atom is -0.367 e. The van der Waals surface area contributed by atoms with Crippen molar-refractivity contribution in [2.24, 2.45) is 13.0 Å². The van der Waals surface area contributed by atoms with Gasteiger partial charge in [-0.25, -0.2) is 4.98 Å². The van der Waals surface area contributed by atoms with Crippen LogP contribution < -0.4 is 10.6 Å². The number of carbonyl (C=O) groups is 1. The summed E-state index contributed by atoms with van der Waals surface area (Å²) in [7, 11) is 1.93. The van der Waals surface area contributed by atoms with Crippen molar-refractivity contribution in [3.63, 3.8) is 0 Å². The number of pyridine rings is 1. The number of fused-ring (bicyclic) bond motifs is 1. The summed E-state index contributed by atoms with van der Waals surface area (Å²) in [6.45, 7) is 3.97. The number of hydrogen-bond acceptors (Lipinski definition) is 7. The van der Waals surface area contributed by atoms with Crippen LogP contribution in [0.5, 0.6) is 0 Å². The van der Waals surface area contributed by atoms with Crippen molar-refractivity contribution in [1.29, 1.82) is 0 Å². The molecule has 1 amide bonds. The number of nitrogens with one attached hydrogen (secondary N) is 2. The van der Waals surface area contributed by atoms with E-state index in [9.17, 15) is 4.79 Å². The van der Waals surface area contributed by atoms with E-state index in [0.29, 0.717) is 17.5 Å². The summed E-state index contributed by atoms with van der Waals surface area (Å²) in [5.41, 5.74) is 2.03. The monoisotopic (exact) mass is 473 g/mol. The number of carbonyl (C=O) groups excluding carboxylic acids is 1. The summed E-state index contributed by atoms with van der Waals surface area (Å²) in [6.07, 6.45) is 7.81. The smallest absolute Gasteiger partial charge is 0.228 e. The second-order valence-electron chi connectivity index (χ2n) is 9.33. The van der Waals surface area contributed by atoms with Crippen LogP contribution in [0.4, 0.5) is 11.6 Å². The lowest BCUT2D eigenvalue weighted by Gasteiger charge is -2.35.